The third kappa shape index (κ3) is 6.02. The van der Waals surface area contributed by atoms with Gasteiger partial charge in [0.15, 0.2) is 0 Å². The molecule has 5 nitrogen and oxygen atoms in total. The lowest BCUT2D eigenvalue weighted by Crippen LogP contribution is -2.38. The Balaban J connectivity index is 0.00000158. The van der Waals surface area contributed by atoms with E-state index >= 15 is 0 Å². The first-order chi connectivity index (χ1) is 16.5. The SMILES string of the molecule is CCOc1cc(F)c(CC2C#Cc3ccccc3C(C3CC(O)CC(CO)O3)=C2)c(F)c1.CO. The Hall–Kier alpha value is -2.76. The van der Waals surface area contributed by atoms with Gasteiger partial charge in [-0.2, -0.15) is 0 Å². The molecule has 7 heteroatoms. The molecule has 0 aromatic heterocycles. The molecule has 4 rings (SSSR count). The van der Waals surface area contributed by atoms with Crippen LogP contribution in [0.1, 0.15) is 36.5 Å². The van der Waals surface area contributed by atoms with Crippen molar-refractivity contribution >= 4 is 5.57 Å². The van der Waals surface area contributed by atoms with Crippen molar-refractivity contribution < 1.29 is 33.6 Å². The fourth-order valence-corrected chi connectivity index (χ4v) is 4.31. The number of ether oxygens (including phenoxy) is 2. The number of halogens is 2. The maximum absolute atomic E-state index is 14.7. The van der Waals surface area contributed by atoms with E-state index in [1.54, 1.807) is 6.92 Å². The highest BCUT2D eigenvalue weighted by atomic mass is 19.1. The fourth-order valence-electron chi connectivity index (χ4n) is 4.31. The van der Waals surface area contributed by atoms with E-state index in [2.05, 4.69) is 11.8 Å². The first-order valence-corrected chi connectivity index (χ1v) is 11.3. The summed E-state index contributed by atoms with van der Waals surface area (Å²) >= 11 is 0. The Morgan fingerprint density at radius 3 is 2.50 bits per heavy atom. The van der Waals surface area contributed by atoms with E-state index in [0.717, 1.165) is 23.8 Å². The van der Waals surface area contributed by atoms with Gasteiger partial charge >= 0.3 is 0 Å². The van der Waals surface area contributed by atoms with Crippen molar-refractivity contribution in [2.24, 2.45) is 5.92 Å². The zero-order chi connectivity index (χ0) is 24.7. The zero-order valence-electron chi connectivity index (χ0n) is 19.3. The molecule has 1 saturated heterocycles. The maximum Gasteiger partial charge on any atom is 0.133 e. The van der Waals surface area contributed by atoms with Crippen LogP contribution in [0, 0.1) is 29.4 Å². The van der Waals surface area contributed by atoms with Crippen LogP contribution in [0.25, 0.3) is 5.57 Å². The van der Waals surface area contributed by atoms with Gasteiger partial charge in [0, 0.05) is 49.1 Å². The summed E-state index contributed by atoms with van der Waals surface area (Å²) in [7, 11) is 1.00. The van der Waals surface area contributed by atoms with Gasteiger partial charge in [-0.3, -0.25) is 0 Å². The average Bonchev–Trinajstić information content (AvgIpc) is 3.02. The van der Waals surface area contributed by atoms with Crippen molar-refractivity contribution in [3.8, 4) is 17.6 Å². The molecule has 0 radical (unpaired) electrons. The monoisotopic (exact) mass is 472 g/mol. The van der Waals surface area contributed by atoms with E-state index in [-0.39, 0.29) is 24.3 Å². The van der Waals surface area contributed by atoms with E-state index < -0.39 is 35.9 Å². The number of hydrogen-bond acceptors (Lipinski definition) is 5. The Labute approximate surface area is 198 Å². The highest BCUT2D eigenvalue weighted by Crippen LogP contribution is 2.35. The van der Waals surface area contributed by atoms with Crippen LogP contribution in [0.4, 0.5) is 8.78 Å². The van der Waals surface area contributed by atoms with Crippen molar-refractivity contribution in [3.05, 3.63) is 70.8 Å². The van der Waals surface area contributed by atoms with Crippen molar-refractivity contribution in [2.75, 3.05) is 20.3 Å². The molecule has 0 spiro atoms. The number of hydrogen-bond donors (Lipinski definition) is 3. The summed E-state index contributed by atoms with van der Waals surface area (Å²) in [6.07, 6.45) is 1.12. The molecule has 34 heavy (non-hydrogen) atoms. The minimum absolute atomic E-state index is 0.0489. The standard InChI is InChI=1S/C26H26F2O4.CH4O/c1-2-31-19-13-24(27)23(25(28)14-19)10-16-7-8-17-5-3-4-6-21(17)22(9-16)26-12-18(30)11-20(15-29)32-26;1-2/h3-6,9,13-14,16,18,20,26,29-30H,2,10-12,15H2,1H3;2H,1H3. The Bertz CT molecular complexity index is 1050. The Morgan fingerprint density at radius 2 is 1.82 bits per heavy atom. The van der Waals surface area contributed by atoms with E-state index in [1.807, 2.05) is 30.3 Å². The highest BCUT2D eigenvalue weighted by Gasteiger charge is 2.32. The van der Waals surface area contributed by atoms with Crippen LogP contribution in [-0.4, -0.2) is 54.0 Å². The molecule has 3 N–H and O–H groups in total. The molecule has 1 heterocycles. The molecule has 4 atom stereocenters. The molecule has 4 unspecified atom stereocenters. The normalized spacial score (nSPS) is 23.3. The third-order valence-corrected chi connectivity index (χ3v) is 5.79. The number of aliphatic hydroxyl groups excluding tert-OH is 3. The van der Waals surface area contributed by atoms with E-state index in [0.29, 0.717) is 19.4 Å². The zero-order valence-corrected chi connectivity index (χ0v) is 19.3. The predicted octanol–water partition coefficient (Wildman–Crippen LogP) is 3.48. The lowest BCUT2D eigenvalue weighted by molar-refractivity contribution is -0.0899. The summed E-state index contributed by atoms with van der Waals surface area (Å²) in [5.41, 5.74) is 2.41. The van der Waals surface area contributed by atoms with Crippen LogP contribution in [0.5, 0.6) is 5.75 Å². The predicted molar refractivity (Wildman–Crippen MR) is 125 cm³/mol. The van der Waals surface area contributed by atoms with Gasteiger partial charge < -0.3 is 24.8 Å². The molecule has 2 aromatic rings. The fraction of sp³-hybridized carbons (Fsp3) is 0.407. The number of allylic oxidation sites excluding steroid dienone is 1. The van der Waals surface area contributed by atoms with Crippen molar-refractivity contribution in [3.63, 3.8) is 0 Å². The molecule has 0 bridgehead atoms. The highest BCUT2D eigenvalue weighted by molar-refractivity contribution is 5.76. The van der Waals surface area contributed by atoms with E-state index in [4.69, 9.17) is 14.6 Å². The second kappa shape index (κ2) is 12.1. The quantitative estimate of drug-likeness (QED) is 0.561. The lowest BCUT2D eigenvalue weighted by atomic mass is 9.88. The van der Waals surface area contributed by atoms with Crippen LogP contribution in [0.3, 0.4) is 0 Å². The Kier molecular flexibility index (Phi) is 9.20. The van der Waals surface area contributed by atoms with Crippen molar-refractivity contribution in [1.29, 1.82) is 0 Å². The van der Waals surface area contributed by atoms with Crippen LogP contribution in [-0.2, 0) is 11.2 Å². The van der Waals surface area contributed by atoms with Gasteiger partial charge in [0.2, 0.25) is 0 Å². The number of fused-ring (bicyclic) bond motifs is 1. The Morgan fingerprint density at radius 1 is 1.12 bits per heavy atom. The second-order valence-electron chi connectivity index (χ2n) is 8.10. The smallest absolute Gasteiger partial charge is 0.133 e. The van der Waals surface area contributed by atoms with Gasteiger partial charge in [0.1, 0.15) is 17.4 Å². The molecule has 182 valence electrons. The molecule has 2 aromatic carbocycles. The first-order valence-electron chi connectivity index (χ1n) is 11.3. The van der Waals surface area contributed by atoms with Gasteiger partial charge in [-0.1, -0.05) is 36.1 Å². The molecular formula is C27H30F2O5. The van der Waals surface area contributed by atoms with Crippen molar-refractivity contribution in [1.82, 2.24) is 0 Å². The first kappa shape index (κ1) is 25.9. The number of rotatable bonds is 6. The lowest BCUT2D eigenvalue weighted by Gasteiger charge is -2.34. The summed E-state index contributed by atoms with van der Waals surface area (Å²) in [6.45, 7) is 1.88. The van der Waals surface area contributed by atoms with E-state index in [1.165, 1.54) is 12.1 Å². The van der Waals surface area contributed by atoms with Gasteiger partial charge in [0.05, 0.1) is 31.5 Å². The van der Waals surface area contributed by atoms with Gasteiger partial charge in [-0.05, 0) is 30.5 Å². The molecule has 1 aliphatic heterocycles. The number of benzene rings is 2. The van der Waals surface area contributed by atoms with Crippen LogP contribution >= 0.6 is 0 Å². The largest absolute Gasteiger partial charge is 0.494 e. The van der Waals surface area contributed by atoms with Gasteiger partial charge in [0.25, 0.3) is 0 Å². The van der Waals surface area contributed by atoms with Crippen LogP contribution in [0.15, 0.2) is 42.5 Å². The summed E-state index contributed by atoms with van der Waals surface area (Å²) in [4.78, 5) is 0. The molecule has 2 aliphatic rings. The molecule has 1 fully saturated rings. The molecular weight excluding hydrogens is 442 g/mol. The topological polar surface area (TPSA) is 79.2 Å². The average molecular weight is 473 g/mol. The summed E-state index contributed by atoms with van der Waals surface area (Å²) < 4.78 is 40.6. The minimum atomic E-state index is -0.670. The second-order valence-corrected chi connectivity index (χ2v) is 8.10. The maximum atomic E-state index is 14.7. The van der Waals surface area contributed by atoms with Crippen LogP contribution < -0.4 is 4.74 Å². The van der Waals surface area contributed by atoms with Gasteiger partial charge in [-0.15, -0.1) is 0 Å². The van der Waals surface area contributed by atoms with E-state index in [9.17, 15) is 19.0 Å². The number of aliphatic hydroxyl groups is 3. The molecule has 1 aliphatic carbocycles. The third-order valence-electron chi connectivity index (χ3n) is 5.79. The van der Waals surface area contributed by atoms with Crippen molar-refractivity contribution in [2.45, 2.75) is 44.5 Å². The summed E-state index contributed by atoms with van der Waals surface area (Å²) in [6, 6.07) is 9.97. The summed E-state index contributed by atoms with van der Waals surface area (Å²) in [5.74, 6) is 4.61. The summed E-state index contributed by atoms with van der Waals surface area (Å²) in [5, 5.41) is 26.9. The van der Waals surface area contributed by atoms with Crippen LogP contribution in [0.2, 0.25) is 0 Å². The van der Waals surface area contributed by atoms with Gasteiger partial charge in [-0.25, -0.2) is 8.78 Å². The molecule has 0 saturated carbocycles. The molecule has 0 amide bonds. The minimum Gasteiger partial charge on any atom is -0.494 e.